The maximum absolute atomic E-state index is 6.35. The smallest absolute Gasteiger partial charge is 0.151 e. The molecule has 0 atom stereocenters. The van der Waals surface area contributed by atoms with Crippen molar-refractivity contribution in [2.75, 3.05) is 18.8 Å². The predicted octanol–water partition coefficient (Wildman–Crippen LogP) is 4.33. The Hall–Kier alpha value is -2.93. The van der Waals surface area contributed by atoms with Crippen molar-refractivity contribution >= 4 is 22.2 Å². The van der Waals surface area contributed by atoms with Gasteiger partial charge in [-0.05, 0) is 71.3 Å². The number of anilines is 1. The van der Waals surface area contributed by atoms with Crippen LogP contribution in [0.15, 0.2) is 36.8 Å². The molecule has 0 saturated carbocycles. The van der Waals surface area contributed by atoms with Crippen molar-refractivity contribution < 1.29 is 0 Å². The number of fused-ring (bicyclic) bond motifs is 2. The molecule has 1 aliphatic rings. The molecular weight excluding hydrogens is 386 g/mol. The van der Waals surface area contributed by atoms with Gasteiger partial charge in [0.1, 0.15) is 11.8 Å². The van der Waals surface area contributed by atoms with Crippen LogP contribution in [0.1, 0.15) is 52.1 Å². The highest BCUT2D eigenvalue weighted by Gasteiger charge is 2.30. The monoisotopic (exact) mass is 417 g/mol. The molecule has 3 aromatic heterocycles. The molecule has 7 nitrogen and oxygen atoms in total. The molecule has 162 valence electrons. The SMILES string of the molecule is CCn1cc2ccc(-c3cc(C4CCN(C(C)(C)C)CC4)n4ncnc(N)c34)cc2n1. The molecule has 4 heterocycles. The van der Waals surface area contributed by atoms with Gasteiger partial charge in [-0.2, -0.15) is 10.2 Å². The summed E-state index contributed by atoms with van der Waals surface area (Å²) >= 11 is 0. The number of nitrogen functional groups attached to an aromatic ring is 1. The van der Waals surface area contributed by atoms with Crippen molar-refractivity contribution in [2.24, 2.45) is 0 Å². The highest BCUT2D eigenvalue weighted by Crippen LogP contribution is 2.38. The van der Waals surface area contributed by atoms with Crippen molar-refractivity contribution in [3.8, 4) is 11.1 Å². The van der Waals surface area contributed by atoms with Crippen molar-refractivity contribution in [1.82, 2.24) is 29.3 Å². The second-order valence-electron chi connectivity index (χ2n) is 9.58. The van der Waals surface area contributed by atoms with Crippen molar-refractivity contribution in [3.05, 3.63) is 42.5 Å². The Morgan fingerprint density at radius 3 is 2.61 bits per heavy atom. The number of hydrogen-bond acceptors (Lipinski definition) is 5. The number of nitrogens with zero attached hydrogens (tertiary/aromatic N) is 6. The van der Waals surface area contributed by atoms with Gasteiger partial charge in [-0.1, -0.05) is 12.1 Å². The molecule has 0 bridgehead atoms. The Labute approximate surface area is 182 Å². The van der Waals surface area contributed by atoms with E-state index in [4.69, 9.17) is 5.73 Å². The van der Waals surface area contributed by atoms with Gasteiger partial charge in [0.25, 0.3) is 0 Å². The maximum Gasteiger partial charge on any atom is 0.151 e. The van der Waals surface area contributed by atoms with Crippen LogP contribution in [0.3, 0.4) is 0 Å². The molecule has 7 heteroatoms. The van der Waals surface area contributed by atoms with E-state index in [1.165, 1.54) is 5.69 Å². The summed E-state index contributed by atoms with van der Waals surface area (Å²) in [4.78, 5) is 6.86. The van der Waals surface area contributed by atoms with Gasteiger partial charge in [0.15, 0.2) is 5.82 Å². The summed E-state index contributed by atoms with van der Waals surface area (Å²) in [6.07, 6.45) is 5.88. The average Bonchev–Trinajstić information content (AvgIpc) is 3.35. The minimum atomic E-state index is 0.210. The number of piperidine rings is 1. The molecular formula is C24H31N7. The van der Waals surface area contributed by atoms with Gasteiger partial charge in [-0.25, -0.2) is 9.50 Å². The van der Waals surface area contributed by atoms with Crippen LogP contribution in [0.2, 0.25) is 0 Å². The summed E-state index contributed by atoms with van der Waals surface area (Å²) in [6, 6.07) is 8.71. The minimum absolute atomic E-state index is 0.210. The zero-order chi connectivity index (χ0) is 21.8. The molecule has 5 rings (SSSR count). The third kappa shape index (κ3) is 3.47. The van der Waals surface area contributed by atoms with Crippen molar-refractivity contribution in [3.63, 3.8) is 0 Å². The molecule has 1 fully saturated rings. The van der Waals surface area contributed by atoms with Crippen LogP contribution >= 0.6 is 0 Å². The molecule has 0 aliphatic carbocycles. The number of aromatic nitrogens is 5. The number of rotatable bonds is 3. The molecule has 1 saturated heterocycles. The summed E-state index contributed by atoms with van der Waals surface area (Å²) in [5, 5.41) is 10.4. The molecule has 0 unspecified atom stereocenters. The lowest BCUT2D eigenvalue weighted by molar-refractivity contribution is 0.101. The van der Waals surface area contributed by atoms with E-state index >= 15 is 0 Å². The fraction of sp³-hybridized carbons (Fsp3) is 0.458. The Morgan fingerprint density at radius 2 is 1.90 bits per heavy atom. The molecule has 4 aromatic rings. The van der Waals surface area contributed by atoms with E-state index in [1.54, 1.807) is 6.33 Å². The summed E-state index contributed by atoms with van der Waals surface area (Å²) in [6.45, 7) is 12.0. The number of aryl methyl sites for hydroxylation is 1. The quantitative estimate of drug-likeness (QED) is 0.537. The standard InChI is InChI=1S/C24H31N7/c1-5-30-14-18-7-6-17(12-20(18)28-30)19-13-21(31-22(19)23(25)26-15-27-31)16-8-10-29(11-9-16)24(2,3)4/h6-7,12-16H,5,8-11H2,1-4H3,(H2,25,26,27). The third-order valence-corrected chi connectivity index (χ3v) is 6.66. The first-order valence-corrected chi connectivity index (χ1v) is 11.2. The molecule has 1 aromatic carbocycles. The minimum Gasteiger partial charge on any atom is -0.382 e. The van der Waals surface area contributed by atoms with Gasteiger partial charge in [-0.15, -0.1) is 0 Å². The van der Waals surface area contributed by atoms with Gasteiger partial charge >= 0.3 is 0 Å². The summed E-state index contributed by atoms with van der Waals surface area (Å²) in [5.74, 6) is 0.972. The predicted molar refractivity (Wildman–Crippen MR) is 125 cm³/mol. The van der Waals surface area contributed by atoms with Crippen molar-refractivity contribution in [2.45, 2.75) is 58.5 Å². The van der Waals surface area contributed by atoms with Gasteiger partial charge in [0.05, 0.1) is 5.52 Å². The zero-order valence-corrected chi connectivity index (χ0v) is 18.8. The Kier molecular flexibility index (Phi) is 4.73. The summed E-state index contributed by atoms with van der Waals surface area (Å²) in [5.41, 5.74) is 11.9. The first kappa shape index (κ1) is 20.0. The fourth-order valence-corrected chi connectivity index (χ4v) is 4.85. The lowest BCUT2D eigenvalue weighted by Crippen LogP contribution is -2.45. The first-order chi connectivity index (χ1) is 14.8. The van der Waals surface area contributed by atoms with Crippen molar-refractivity contribution in [1.29, 1.82) is 0 Å². The topological polar surface area (TPSA) is 77.3 Å². The van der Waals surface area contributed by atoms with Crippen LogP contribution in [0.5, 0.6) is 0 Å². The van der Waals surface area contributed by atoms with Crippen LogP contribution in [-0.2, 0) is 6.54 Å². The third-order valence-electron chi connectivity index (χ3n) is 6.66. The highest BCUT2D eigenvalue weighted by molar-refractivity contribution is 5.92. The zero-order valence-electron chi connectivity index (χ0n) is 18.8. The largest absolute Gasteiger partial charge is 0.382 e. The van der Waals surface area contributed by atoms with Gasteiger partial charge in [-0.3, -0.25) is 9.58 Å². The van der Waals surface area contributed by atoms with Crippen LogP contribution in [0.4, 0.5) is 5.82 Å². The lowest BCUT2D eigenvalue weighted by atomic mass is 9.90. The first-order valence-electron chi connectivity index (χ1n) is 11.2. The second kappa shape index (κ2) is 7.34. The van der Waals surface area contributed by atoms with Crippen LogP contribution < -0.4 is 5.73 Å². The van der Waals surface area contributed by atoms with Crippen LogP contribution in [0, 0.1) is 0 Å². The van der Waals surface area contributed by atoms with Gasteiger partial charge < -0.3 is 5.73 Å². The van der Waals surface area contributed by atoms with E-state index in [9.17, 15) is 0 Å². The molecule has 31 heavy (non-hydrogen) atoms. The van der Waals surface area contributed by atoms with E-state index in [1.807, 2.05) is 9.20 Å². The number of hydrogen-bond donors (Lipinski definition) is 1. The lowest BCUT2D eigenvalue weighted by Gasteiger charge is -2.40. The van der Waals surface area contributed by atoms with Gasteiger partial charge in [0, 0.05) is 40.8 Å². The number of nitrogens with two attached hydrogens (primary N) is 1. The summed E-state index contributed by atoms with van der Waals surface area (Å²) in [7, 11) is 0. The Balaban J connectivity index is 1.57. The molecule has 0 amide bonds. The maximum atomic E-state index is 6.35. The van der Waals surface area contributed by atoms with E-state index in [0.717, 1.165) is 60.0 Å². The number of benzene rings is 1. The van der Waals surface area contributed by atoms with E-state index in [0.29, 0.717) is 11.7 Å². The number of likely N-dealkylation sites (tertiary alicyclic amines) is 1. The molecule has 0 spiro atoms. The highest BCUT2D eigenvalue weighted by atomic mass is 15.3. The average molecular weight is 418 g/mol. The van der Waals surface area contributed by atoms with Crippen LogP contribution in [-0.4, -0.2) is 47.9 Å². The van der Waals surface area contributed by atoms with E-state index < -0.39 is 0 Å². The Morgan fingerprint density at radius 1 is 1.13 bits per heavy atom. The Bertz CT molecular complexity index is 1240. The van der Waals surface area contributed by atoms with E-state index in [-0.39, 0.29) is 5.54 Å². The fourth-order valence-electron chi connectivity index (χ4n) is 4.85. The second-order valence-corrected chi connectivity index (χ2v) is 9.58. The van der Waals surface area contributed by atoms with Crippen LogP contribution in [0.25, 0.3) is 27.5 Å². The van der Waals surface area contributed by atoms with E-state index in [2.05, 4.69) is 78.2 Å². The molecule has 2 N–H and O–H groups in total. The molecule has 1 aliphatic heterocycles. The summed E-state index contributed by atoms with van der Waals surface area (Å²) < 4.78 is 3.99. The normalized spacial score (nSPS) is 16.5. The van der Waals surface area contributed by atoms with Gasteiger partial charge in [0.2, 0.25) is 0 Å². The molecule has 0 radical (unpaired) electrons.